The molecule has 1 rings (SSSR count). The Morgan fingerprint density at radius 2 is 2.00 bits per heavy atom. The van der Waals surface area contributed by atoms with Gasteiger partial charge < -0.3 is 0 Å². The van der Waals surface area contributed by atoms with Gasteiger partial charge in [-0.2, -0.15) is 0 Å². The molecule has 0 atom stereocenters. The minimum atomic E-state index is -3.53. The molecule has 0 aromatic carbocycles. The molecule has 0 unspecified atom stereocenters. The molecule has 0 aliphatic carbocycles. The predicted octanol–water partition coefficient (Wildman–Crippen LogP) is -1.25. The van der Waals surface area contributed by atoms with Gasteiger partial charge >= 0.3 is 12.4 Å². The largest absolute Gasteiger partial charge is 0.340 e. The van der Waals surface area contributed by atoms with Crippen LogP contribution in [0.25, 0.3) is 0 Å². The van der Waals surface area contributed by atoms with Crippen LogP contribution in [0.4, 0.5) is 4.79 Å². The van der Waals surface area contributed by atoms with Crippen LogP contribution in [0.5, 0.6) is 0 Å². The highest BCUT2D eigenvalue weighted by Gasteiger charge is 2.34. The van der Waals surface area contributed by atoms with Gasteiger partial charge in [-0.15, -0.1) is 0 Å². The summed E-state index contributed by atoms with van der Waals surface area (Å²) in [6.45, 7) is 0.0995. The third-order valence-electron chi connectivity index (χ3n) is 1.48. The van der Waals surface area contributed by atoms with E-state index in [0.29, 0.717) is 9.21 Å². The summed E-state index contributed by atoms with van der Waals surface area (Å²) in [5.74, 6) is 0. The molecule has 0 N–H and O–H groups in total. The summed E-state index contributed by atoms with van der Waals surface area (Å²) in [5.41, 5.74) is 0. The number of imide groups is 1. The molecule has 0 aromatic heterocycles. The van der Waals surface area contributed by atoms with Crippen molar-refractivity contribution in [3.8, 4) is 0 Å². The first-order valence-corrected chi connectivity index (χ1v) is 4.98. The van der Waals surface area contributed by atoms with Gasteiger partial charge in [0.1, 0.15) is 0 Å². The molecule has 0 aromatic rings. The predicted molar refractivity (Wildman–Crippen MR) is 39.3 cm³/mol. The van der Waals surface area contributed by atoms with Gasteiger partial charge in [0.25, 0.3) is 0 Å². The molecule has 1 aliphatic heterocycles. The Morgan fingerprint density at radius 3 is 2.25 bits per heavy atom. The summed E-state index contributed by atoms with van der Waals surface area (Å²) in [6.07, 6.45) is 2.26. The molecular weight excluding hydrogens is 184 g/mol. The first kappa shape index (κ1) is 8.98. The molecule has 6 nitrogen and oxygen atoms in total. The van der Waals surface area contributed by atoms with Gasteiger partial charge in [-0.1, -0.05) is 0 Å². The molecule has 3 amide bonds. The molecule has 1 heterocycles. The van der Waals surface area contributed by atoms with E-state index in [2.05, 4.69) is 0 Å². The molecule has 67 valence electrons. The van der Waals surface area contributed by atoms with Crippen molar-refractivity contribution in [3.05, 3.63) is 0 Å². The zero-order valence-corrected chi connectivity index (χ0v) is 7.17. The number of carbonyl (C=O) groups is 1. The van der Waals surface area contributed by atoms with E-state index >= 15 is 0 Å². The summed E-state index contributed by atoms with van der Waals surface area (Å²) in [4.78, 5) is 21.7. The third kappa shape index (κ3) is 1.40. The molecule has 1 radical (unpaired) electrons. The van der Waals surface area contributed by atoms with Gasteiger partial charge in [0, 0.05) is 6.54 Å². The van der Waals surface area contributed by atoms with Gasteiger partial charge in [0.15, 0.2) is 0 Å². The van der Waals surface area contributed by atoms with Crippen molar-refractivity contribution < 1.29 is 18.0 Å². The smallest absolute Gasteiger partial charge is 0.263 e. The van der Waals surface area contributed by atoms with E-state index in [0.717, 1.165) is 6.26 Å². The van der Waals surface area contributed by atoms with Gasteiger partial charge in [0.2, 0.25) is 10.0 Å². The van der Waals surface area contributed by atoms with E-state index in [1.54, 1.807) is 0 Å². The van der Waals surface area contributed by atoms with Crippen molar-refractivity contribution in [1.29, 1.82) is 0 Å². The Balaban J connectivity index is 2.88. The highest BCUT2D eigenvalue weighted by molar-refractivity contribution is 7.88. The number of nitrogens with zero attached hydrogens (tertiary/aromatic N) is 2. The van der Waals surface area contributed by atoms with Crippen LogP contribution in [0.15, 0.2) is 0 Å². The molecule has 1 aliphatic rings. The highest BCUT2D eigenvalue weighted by atomic mass is 32.2. The Morgan fingerprint density at radius 1 is 1.42 bits per heavy atom. The maximum absolute atomic E-state index is 11.0. The summed E-state index contributed by atoms with van der Waals surface area (Å²) >= 11 is 0. The number of hydrogen-bond acceptors (Lipinski definition) is 4. The van der Waals surface area contributed by atoms with E-state index in [1.807, 2.05) is 0 Å². The van der Waals surface area contributed by atoms with Crippen molar-refractivity contribution in [1.82, 2.24) is 9.21 Å². The molecule has 12 heavy (non-hydrogen) atoms. The fourth-order valence-corrected chi connectivity index (χ4v) is 1.70. The van der Waals surface area contributed by atoms with Crippen molar-refractivity contribution in [3.63, 3.8) is 0 Å². The van der Waals surface area contributed by atoms with E-state index < -0.39 is 16.1 Å². The molecular formula is C5H7N2O4S. The van der Waals surface area contributed by atoms with Crippen LogP contribution in [-0.2, 0) is 14.8 Å². The van der Waals surface area contributed by atoms with Crippen LogP contribution in [0.2, 0.25) is 0 Å². The number of carbonyl (C=O) groups excluding carboxylic acids is 2. The van der Waals surface area contributed by atoms with Crippen LogP contribution in [-0.4, -0.2) is 49.4 Å². The van der Waals surface area contributed by atoms with Gasteiger partial charge in [0.05, 0.1) is 12.8 Å². The monoisotopic (exact) mass is 191 g/mol. The molecule has 0 spiro atoms. The van der Waals surface area contributed by atoms with Crippen molar-refractivity contribution in [2.45, 2.75) is 0 Å². The van der Waals surface area contributed by atoms with Crippen molar-refractivity contribution in [2.75, 3.05) is 19.3 Å². The van der Waals surface area contributed by atoms with E-state index in [1.165, 1.54) is 6.41 Å². The van der Waals surface area contributed by atoms with Gasteiger partial charge in [-0.25, -0.2) is 17.5 Å². The fraction of sp³-hybridized carbons (Fsp3) is 0.600. The number of hydrogen-bond donors (Lipinski definition) is 0. The van der Waals surface area contributed by atoms with Crippen LogP contribution in [0.3, 0.4) is 0 Å². The summed E-state index contributed by atoms with van der Waals surface area (Å²) in [7, 11) is -3.53. The molecule has 0 bridgehead atoms. The van der Waals surface area contributed by atoms with Crippen molar-refractivity contribution >= 4 is 22.5 Å². The lowest BCUT2D eigenvalue weighted by atomic mass is 10.7. The lowest BCUT2D eigenvalue weighted by Gasteiger charge is -2.11. The zero-order valence-electron chi connectivity index (χ0n) is 6.35. The normalized spacial score (nSPS) is 18.6. The Labute approximate surface area is 69.8 Å². The van der Waals surface area contributed by atoms with Crippen LogP contribution < -0.4 is 0 Å². The highest BCUT2D eigenvalue weighted by Crippen LogP contribution is 2.09. The van der Waals surface area contributed by atoms with E-state index in [4.69, 9.17) is 0 Å². The summed E-state index contributed by atoms with van der Waals surface area (Å²) in [6, 6.07) is -0.826. The SMILES string of the molecule is CS(=O)(=O)N1CCN([C]=O)C1=O. The molecule has 0 saturated carbocycles. The van der Waals surface area contributed by atoms with Gasteiger partial charge in [-0.3, -0.25) is 9.69 Å². The second-order valence-corrected chi connectivity index (χ2v) is 4.27. The summed E-state index contributed by atoms with van der Waals surface area (Å²) in [5, 5.41) is 0. The number of sulfonamides is 1. The maximum atomic E-state index is 11.0. The van der Waals surface area contributed by atoms with Crippen molar-refractivity contribution in [2.24, 2.45) is 0 Å². The number of amides is 3. The Kier molecular flexibility index (Phi) is 2.05. The second kappa shape index (κ2) is 2.74. The quantitative estimate of drug-likeness (QED) is 0.546. The molecule has 1 saturated heterocycles. The fourth-order valence-electron chi connectivity index (χ4n) is 0.909. The Hall–Kier alpha value is -1.11. The van der Waals surface area contributed by atoms with Gasteiger partial charge in [-0.05, 0) is 0 Å². The number of urea groups is 1. The molecule has 7 heteroatoms. The Bertz CT molecular complexity index is 309. The standard InChI is InChI=1S/C5H7N2O4S/c1-12(10,11)7-3-2-6(4-8)5(7)9/h2-3H2,1H3. The van der Waals surface area contributed by atoms with Crippen LogP contribution in [0.1, 0.15) is 0 Å². The lowest BCUT2D eigenvalue weighted by Crippen LogP contribution is -2.34. The summed E-state index contributed by atoms with van der Waals surface area (Å²) < 4.78 is 22.3. The number of rotatable bonds is 2. The average molecular weight is 191 g/mol. The van der Waals surface area contributed by atoms with E-state index in [9.17, 15) is 18.0 Å². The van der Waals surface area contributed by atoms with E-state index in [-0.39, 0.29) is 13.1 Å². The topological polar surface area (TPSA) is 74.8 Å². The molecule has 1 fully saturated rings. The maximum Gasteiger partial charge on any atom is 0.340 e. The van der Waals surface area contributed by atoms with Crippen LogP contribution in [0, 0.1) is 0 Å². The average Bonchev–Trinajstić information content (AvgIpc) is 2.29. The first-order valence-electron chi connectivity index (χ1n) is 3.14. The lowest BCUT2D eigenvalue weighted by molar-refractivity contribution is 0.221. The first-order chi connectivity index (χ1) is 5.46. The zero-order chi connectivity index (χ0) is 9.35. The minimum absolute atomic E-state index is 0.0207. The minimum Gasteiger partial charge on any atom is -0.263 e. The second-order valence-electron chi connectivity index (χ2n) is 2.36. The van der Waals surface area contributed by atoms with Crippen LogP contribution >= 0.6 is 0 Å². The third-order valence-corrected chi connectivity index (χ3v) is 2.62.